The fourth-order valence-corrected chi connectivity index (χ4v) is 5.10. The van der Waals surface area contributed by atoms with Crippen molar-refractivity contribution >= 4 is 61.1 Å². The van der Waals surface area contributed by atoms with Gasteiger partial charge in [0.25, 0.3) is 5.01 Å². The van der Waals surface area contributed by atoms with E-state index >= 15 is 0 Å². The van der Waals surface area contributed by atoms with Gasteiger partial charge in [-0.15, -0.1) is 0 Å². The van der Waals surface area contributed by atoms with Crippen LogP contribution in [0.5, 0.6) is 0 Å². The largest absolute Gasteiger partial charge is 0.748 e. The number of hydrogen-bond acceptors (Lipinski definition) is 5. The summed E-state index contributed by atoms with van der Waals surface area (Å²) in [5, 5.41) is 1.59. The second kappa shape index (κ2) is 9.92. The molecule has 0 aliphatic heterocycles. The maximum Gasteiger partial charge on any atom is 0.262 e. The number of anilines is 1. The van der Waals surface area contributed by atoms with Gasteiger partial charge in [-0.3, -0.25) is 0 Å². The van der Waals surface area contributed by atoms with Gasteiger partial charge >= 0.3 is 0 Å². The second-order valence-corrected chi connectivity index (χ2v) is 9.94. The minimum Gasteiger partial charge on any atom is -0.748 e. The van der Waals surface area contributed by atoms with E-state index < -0.39 is 10.1 Å². The Labute approximate surface area is 187 Å². The number of hydrogen-bond donors (Lipinski definition) is 0. The van der Waals surface area contributed by atoms with Crippen LogP contribution in [0.2, 0.25) is 5.02 Å². The lowest BCUT2D eigenvalue weighted by atomic mass is 10.2. The molecule has 0 radical (unpaired) electrons. The summed E-state index contributed by atoms with van der Waals surface area (Å²) in [6.45, 7) is 6.65. The number of thiazole rings is 1. The molecular formula is C22H25ClN2O3S2. The van der Waals surface area contributed by atoms with E-state index in [9.17, 15) is 13.0 Å². The number of nitrogens with zero attached hydrogens (tertiary/aromatic N) is 2. The summed E-state index contributed by atoms with van der Waals surface area (Å²) in [5.41, 5.74) is 3.21. The maximum absolute atomic E-state index is 11.0. The van der Waals surface area contributed by atoms with Crippen LogP contribution in [-0.4, -0.2) is 31.8 Å². The monoisotopic (exact) mass is 464 g/mol. The average molecular weight is 465 g/mol. The molecule has 0 fully saturated rings. The Morgan fingerprint density at radius 3 is 2.43 bits per heavy atom. The van der Waals surface area contributed by atoms with Crippen molar-refractivity contribution in [1.29, 1.82) is 0 Å². The third kappa shape index (κ3) is 5.82. The summed E-state index contributed by atoms with van der Waals surface area (Å²) in [5.74, 6) is -0.381. The Bertz CT molecular complexity index is 1140. The molecule has 0 unspecified atom stereocenters. The van der Waals surface area contributed by atoms with Gasteiger partial charge in [0, 0.05) is 48.1 Å². The Morgan fingerprint density at radius 2 is 1.80 bits per heavy atom. The molecule has 30 heavy (non-hydrogen) atoms. The van der Waals surface area contributed by atoms with E-state index in [1.807, 2.05) is 34.9 Å². The summed E-state index contributed by atoms with van der Waals surface area (Å²) in [6.07, 6.45) is 4.32. The number of benzene rings is 2. The number of aromatic nitrogens is 1. The third-order valence-corrected chi connectivity index (χ3v) is 7.06. The zero-order valence-electron chi connectivity index (χ0n) is 17.0. The highest BCUT2D eigenvalue weighted by atomic mass is 35.5. The van der Waals surface area contributed by atoms with Crippen molar-refractivity contribution in [1.82, 2.24) is 0 Å². The lowest BCUT2D eigenvalue weighted by Gasteiger charge is -2.20. The summed E-state index contributed by atoms with van der Waals surface area (Å²) in [4.78, 5) is 2.29. The molecule has 0 aliphatic rings. The molecule has 8 heteroatoms. The quantitative estimate of drug-likeness (QED) is 0.337. The Kier molecular flexibility index (Phi) is 7.52. The van der Waals surface area contributed by atoms with Gasteiger partial charge in [-0.25, -0.2) is 8.42 Å². The summed E-state index contributed by atoms with van der Waals surface area (Å²) >= 11 is 7.77. The van der Waals surface area contributed by atoms with E-state index in [0.717, 1.165) is 33.9 Å². The van der Waals surface area contributed by atoms with Gasteiger partial charge < -0.3 is 9.45 Å². The Hall–Kier alpha value is -1.93. The minimum atomic E-state index is -4.23. The van der Waals surface area contributed by atoms with Crippen LogP contribution in [0.15, 0.2) is 42.5 Å². The highest BCUT2D eigenvalue weighted by Crippen LogP contribution is 2.25. The van der Waals surface area contributed by atoms with Crippen LogP contribution in [0.3, 0.4) is 0 Å². The first-order valence-corrected chi connectivity index (χ1v) is 12.7. The third-order valence-electron chi connectivity index (χ3n) is 4.91. The lowest BCUT2D eigenvalue weighted by molar-refractivity contribution is -0.668. The van der Waals surface area contributed by atoms with Crippen molar-refractivity contribution in [2.75, 3.05) is 23.7 Å². The van der Waals surface area contributed by atoms with Crippen molar-refractivity contribution in [2.24, 2.45) is 0 Å². The fourth-order valence-electron chi connectivity index (χ4n) is 3.38. The van der Waals surface area contributed by atoms with Gasteiger partial charge in [0.2, 0.25) is 5.52 Å². The summed E-state index contributed by atoms with van der Waals surface area (Å²) in [6, 6.07) is 14.1. The van der Waals surface area contributed by atoms with E-state index in [2.05, 4.69) is 43.0 Å². The molecule has 0 saturated heterocycles. The fraction of sp³-hybridized carbons (Fsp3) is 0.318. The topological polar surface area (TPSA) is 64.3 Å². The molecule has 1 heterocycles. The van der Waals surface area contributed by atoms with Crippen molar-refractivity contribution in [3.8, 4) is 0 Å². The molecule has 0 amide bonds. The van der Waals surface area contributed by atoms with E-state index in [4.69, 9.17) is 11.6 Å². The molecule has 0 N–H and O–H groups in total. The van der Waals surface area contributed by atoms with Crippen LogP contribution >= 0.6 is 22.9 Å². The second-order valence-electron chi connectivity index (χ2n) is 6.92. The van der Waals surface area contributed by atoms with Gasteiger partial charge in [-0.05, 0) is 49.8 Å². The van der Waals surface area contributed by atoms with Crippen molar-refractivity contribution in [3.63, 3.8) is 0 Å². The van der Waals surface area contributed by atoms with Crippen LogP contribution in [0.1, 0.15) is 30.8 Å². The number of aryl methyl sites for hydroxylation is 1. The molecule has 3 aromatic rings. The molecule has 0 saturated carbocycles. The molecule has 0 atom stereocenters. The van der Waals surface area contributed by atoms with Crippen LogP contribution in [0.4, 0.5) is 5.69 Å². The van der Waals surface area contributed by atoms with Crippen LogP contribution in [0.25, 0.3) is 22.4 Å². The molecule has 3 rings (SSSR count). The number of rotatable bonds is 9. The molecule has 0 bridgehead atoms. The van der Waals surface area contributed by atoms with E-state index in [1.165, 1.54) is 5.69 Å². The van der Waals surface area contributed by atoms with E-state index in [1.54, 1.807) is 11.3 Å². The van der Waals surface area contributed by atoms with E-state index in [-0.39, 0.29) is 12.2 Å². The Morgan fingerprint density at radius 1 is 1.10 bits per heavy atom. The van der Waals surface area contributed by atoms with E-state index in [0.29, 0.717) is 11.6 Å². The number of halogens is 1. The highest BCUT2D eigenvalue weighted by molar-refractivity contribution is 7.85. The zero-order chi connectivity index (χ0) is 21.7. The van der Waals surface area contributed by atoms with Crippen LogP contribution < -0.4 is 9.47 Å². The van der Waals surface area contributed by atoms with Crippen LogP contribution in [-0.2, 0) is 16.7 Å². The molecule has 5 nitrogen and oxygen atoms in total. The summed E-state index contributed by atoms with van der Waals surface area (Å²) in [7, 11) is -4.23. The molecule has 160 valence electrons. The van der Waals surface area contributed by atoms with Gasteiger partial charge in [-0.2, -0.15) is 4.57 Å². The molecule has 0 aliphatic carbocycles. The zero-order valence-corrected chi connectivity index (χ0v) is 19.4. The first-order chi connectivity index (χ1) is 14.3. The van der Waals surface area contributed by atoms with Gasteiger partial charge in [0.1, 0.15) is 4.70 Å². The molecule has 1 aromatic heterocycles. The molecular weight excluding hydrogens is 440 g/mol. The standard InChI is InChI=1S/C22H25ClN2O3S2/c1-3-24(4-2)19-10-6-17(7-11-19)8-13-22-25(14-5-15-30(26,27)28)20-16-18(23)9-12-21(20)29-22/h6-13,16H,3-5,14-15H2,1-2H3. The predicted molar refractivity (Wildman–Crippen MR) is 125 cm³/mol. The SMILES string of the molecule is CCN(CC)c1ccc(/C=C/c2sc3ccc(Cl)cc3[n+]2CCCS(=O)(=O)[O-])cc1. The average Bonchev–Trinajstić information content (AvgIpc) is 3.04. The molecule has 0 spiro atoms. The lowest BCUT2D eigenvalue weighted by Crippen LogP contribution is -2.36. The smallest absolute Gasteiger partial charge is 0.262 e. The van der Waals surface area contributed by atoms with Gasteiger partial charge in [-0.1, -0.05) is 35.1 Å². The molecule has 2 aromatic carbocycles. The normalized spacial score (nSPS) is 12.1. The minimum absolute atomic E-state index is 0.258. The first-order valence-electron chi connectivity index (χ1n) is 9.89. The van der Waals surface area contributed by atoms with Crippen molar-refractivity contribution in [2.45, 2.75) is 26.8 Å². The van der Waals surface area contributed by atoms with Crippen molar-refractivity contribution in [3.05, 3.63) is 58.1 Å². The van der Waals surface area contributed by atoms with Gasteiger partial charge in [0.05, 0.1) is 10.1 Å². The van der Waals surface area contributed by atoms with Gasteiger partial charge in [0.15, 0.2) is 6.54 Å². The van der Waals surface area contributed by atoms with Crippen LogP contribution in [0, 0.1) is 0 Å². The number of fused-ring (bicyclic) bond motifs is 1. The first kappa shape index (κ1) is 22.7. The maximum atomic E-state index is 11.0. The summed E-state index contributed by atoms with van der Waals surface area (Å²) < 4.78 is 36.1. The predicted octanol–water partition coefficient (Wildman–Crippen LogP) is 4.79. The Balaban J connectivity index is 1.88. The highest BCUT2D eigenvalue weighted by Gasteiger charge is 2.19. The van der Waals surface area contributed by atoms with Crippen molar-refractivity contribution < 1.29 is 17.5 Å².